The summed E-state index contributed by atoms with van der Waals surface area (Å²) in [5.41, 5.74) is 4.44. The Hall–Kier alpha value is -2.73. The van der Waals surface area contributed by atoms with Gasteiger partial charge in [-0.2, -0.15) is 13.2 Å². The van der Waals surface area contributed by atoms with Crippen molar-refractivity contribution < 1.29 is 31.5 Å². The third kappa shape index (κ3) is 4.29. The number of benzene rings is 1. The van der Waals surface area contributed by atoms with Crippen LogP contribution in [0, 0.1) is 17.6 Å². The molecule has 32 heavy (non-hydrogen) atoms. The number of rotatable bonds is 3. The van der Waals surface area contributed by atoms with Crippen molar-refractivity contribution in [2.45, 2.75) is 24.2 Å². The number of alkyl halides is 3. The van der Waals surface area contributed by atoms with E-state index in [1.807, 2.05) is 0 Å². The summed E-state index contributed by atoms with van der Waals surface area (Å²) < 4.78 is 72.7. The molecule has 0 spiro atoms. The Bertz CT molecular complexity index is 1060. The molecular formula is C20H17F5N4O2S. The van der Waals surface area contributed by atoms with Crippen molar-refractivity contribution >= 4 is 28.5 Å². The fourth-order valence-corrected chi connectivity index (χ4v) is 4.85. The molecule has 1 aromatic carbocycles. The normalized spacial score (nSPS) is 25.6. The number of ether oxygens (including phenoxy) is 1. The molecule has 1 fully saturated rings. The highest BCUT2D eigenvalue weighted by Crippen LogP contribution is 2.49. The SMILES string of the molecule is NC1=N[C@@]2(c3cc(NC(=O)c4ccc(F)cn4)ccc3F)CO[C@@H](C(F)(F)F)C[C@H]2CS1. The van der Waals surface area contributed by atoms with Crippen LogP contribution in [0.5, 0.6) is 0 Å². The summed E-state index contributed by atoms with van der Waals surface area (Å²) in [5.74, 6) is -2.49. The number of nitrogens with one attached hydrogen (secondary N) is 1. The van der Waals surface area contributed by atoms with Gasteiger partial charge < -0.3 is 15.8 Å². The number of hydrogen-bond acceptors (Lipinski definition) is 6. The van der Waals surface area contributed by atoms with Crippen LogP contribution >= 0.6 is 11.8 Å². The van der Waals surface area contributed by atoms with Gasteiger partial charge in [0.05, 0.1) is 12.8 Å². The van der Waals surface area contributed by atoms with Crippen LogP contribution in [0.15, 0.2) is 41.5 Å². The van der Waals surface area contributed by atoms with Crippen LogP contribution in [-0.2, 0) is 10.3 Å². The minimum absolute atomic E-state index is 0.0313. The fourth-order valence-electron chi connectivity index (χ4n) is 3.84. The third-order valence-electron chi connectivity index (χ3n) is 5.44. The van der Waals surface area contributed by atoms with E-state index >= 15 is 0 Å². The number of nitrogens with two attached hydrogens (primary N) is 1. The second-order valence-corrected chi connectivity index (χ2v) is 8.51. The predicted molar refractivity (Wildman–Crippen MR) is 108 cm³/mol. The van der Waals surface area contributed by atoms with Crippen LogP contribution in [0.25, 0.3) is 0 Å². The molecule has 0 bridgehead atoms. The molecule has 1 saturated heterocycles. The molecule has 2 aliphatic heterocycles. The number of halogens is 5. The van der Waals surface area contributed by atoms with Gasteiger partial charge in [-0.1, -0.05) is 11.8 Å². The number of hydrogen-bond donors (Lipinski definition) is 2. The monoisotopic (exact) mass is 472 g/mol. The molecule has 3 heterocycles. The number of fused-ring (bicyclic) bond motifs is 1. The minimum atomic E-state index is -4.56. The Morgan fingerprint density at radius 2 is 2.03 bits per heavy atom. The number of nitrogens with zero attached hydrogens (tertiary/aromatic N) is 2. The number of thioether (sulfide) groups is 1. The second-order valence-electron chi connectivity index (χ2n) is 7.47. The summed E-state index contributed by atoms with van der Waals surface area (Å²) in [5, 5.41) is 2.64. The molecular weight excluding hydrogens is 455 g/mol. The van der Waals surface area contributed by atoms with Gasteiger partial charge in [0.25, 0.3) is 5.91 Å². The van der Waals surface area contributed by atoms with Gasteiger partial charge in [-0.15, -0.1) is 0 Å². The average Bonchev–Trinajstić information content (AvgIpc) is 2.74. The molecule has 2 aliphatic rings. The number of anilines is 1. The largest absolute Gasteiger partial charge is 0.414 e. The zero-order chi connectivity index (χ0) is 23.1. The van der Waals surface area contributed by atoms with E-state index in [1.165, 1.54) is 18.2 Å². The van der Waals surface area contributed by atoms with Gasteiger partial charge >= 0.3 is 6.18 Å². The highest BCUT2D eigenvalue weighted by Gasteiger charge is 2.55. The van der Waals surface area contributed by atoms with Crippen molar-refractivity contribution in [1.29, 1.82) is 0 Å². The van der Waals surface area contributed by atoms with Crippen molar-refractivity contribution in [3.8, 4) is 0 Å². The quantitative estimate of drug-likeness (QED) is 0.663. The number of pyridine rings is 1. The molecule has 0 aliphatic carbocycles. The number of aromatic nitrogens is 1. The van der Waals surface area contributed by atoms with Gasteiger partial charge in [-0.3, -0.25) is 4.79 Å². The van der Waals surface area contributed by atoms with Crippen molar-refractivity contribution in [3.05, 3.63) is 59.4 Å². The predicted octanol–water partition coefficient (Wildman–Crippen LogP) is 3.84. The van der Waals surface area contributed by atoms with E-state index in [0.717, 1.165) is 30.1 Å². The lowest BCUT2D eigenvalue weighted by atomic mass is 9.74. The van der Waals surface area contributed by atoms with Crippen LogP contribution in [-0.4, -0.2) is 40.7 Å². The first-order valence-electron chi connectivity index (χ1n) is 9.48. The Kier molecular flexibility index (Phi) is 5.84. The zero-order valence-electron chi connectivity index (χ0n) is 16.3. The van der Waals surface area contributed by atoms with E-state index in [-0.39, 0.29) is 27.9 Å². The number of amides is 1. The second kappa shape index (κ2) is 8.32. The molecule has 1 amide bonds. The first-order valence-corrected chi connectivity index (χ1v) is 10.5. The molecule has 3 atom stereocenters. The van der Waals surface area contributed by atoms with E-state index in [4.69, 9.17) is 10.5 Å². The molecule has 0 unspecified atom stereocenters. The topological polar surface area (TPSA) is 89.6 Å². The van der Waals surface area contributed by atoms with Crippen molar-refractivity contribution in [2.75, 3.05) is 17.7 Å². The highest BCUT2D eigenvalue weighted by molar-refractivity contribution is 8.13. The zero-order valence-corrected chi connectivity index (χ0v) is 17.1. The van der Waals surface area contributed by atoms with Crippen molar-refractivity contribution in [1.82, 2.24) is 4.98 Å². The molecule has 3 N–H and O–H groups in total. The molecule has 6 nitrogen and oxygen atoms in total. The maximum atomic E-state index is 14.9. The summed E-state index contributed by atoms with van der Waals surface area (Å²) in [6.45, 7) is -0.517. The Labute approximate surface area is 183 Å². The minimum Gasteiger partial charge on any atom is -0.379 e. The molecule has 170 valence electrons. The van der Waals surface area contributed by atoms with Crippen molar-refractivity contribution in [2.24, 2.45) is 16.6 Å². The lowest BCUT2D eigenvalue weighted by Crippen LogP contribution is -2.53. The Morgan fingerprint density at radius 1 is 1.25 bits per heavy atom. The Balaban J connectivity index is 1.67. The smallest absolute Gasteiger partial charge is 0.379 e. The first kappa shape index (κ1) is 22.5. The first-order chi connectivity index (χ1) is 15.1. The molecule has 0 radical (unpaired) electrons. The maximum absolute atomic E-state index is 14.9. The van der Waals surface area contributed by atoms with Crippen LogP contribution in [0.2, 0.25) is 0 Å². The average molecular weight is 472 g/mol. The van der Waals surface area contributed by atoms with E-state index < -0.39 is 54.3 Å². The lowest BCUT2D eigenvalue weighted by Gasteiger charge is -2.46. The van der Waals surface area contributed by atoms with Gasteiger partial charge in [0.1, 0.15) is 22.9 Å². The summed E-state index contributed by atoms with van der Waals surface area (Å²) in [7, 11) is 0. The highest BCUT2D eigenvalue weighted by atomic mass is 32.2. The van der Waals surface area contributed by atoms with E-state index in [0.29, 0.717) is 0 Å². The molecule has 1 aromatic heterocycles. The van der Waals surface area contributed by atoms with Gasteiger partial charge in [0.15, 0.2) is 11.3 Å². The van der Waals surface area contributed by atoms with Gasteiger partial charge in [-0.05, 0) is 36.8 Å². The summed E-state index contributed by atoms with van der Waals surface area (Å²) >= 11 is 1.10. The number of carbonyl (C=O) groups excluding carboxylic acids is 1. The summed E-state index contributed by atoms with van der Waals surface area (Å²) in [4.78, 5) is 20.4. The van der Waals surface area contributed by atoms with Crippen LogP contribution in [0.4, 0.5) is 27.6 Å². The molecule has 4 rings (SSSR count). The van der Waals surface area contributed by atoms with Gasteiger partial charge in [0, 0.05) is 22.9 Å². The maximum Gasteiger partial charge on any atom is 0.414 e. The van der Waals surface area contributed by atoms with Crippen molar-refractivity contribution in [3.63, 3.8) is 0 Å². The molecule has 2 aromatic rings. The Morgan fingerprint density at radius 3 is 2.72 bits per heavy atom. The lowest BCUT2D eigenvalue weighted by molar-refractivity contribution is -0.245. The van der Waals surface area contributed by atoms with E-state index in [9.17, 15) is 26.7 Å². The van der Waals surface area contributed by atoms with Crippen LogP contribution < -0.4 is 11.1 Å². The number of carbonyl (C=O) groups is 1. The molecule has 0 saturated carbocycles. The summed E-state index contributed by atoms with van der Waals surface area (Å²) in [6, 6.07) is 5.92. The molecule has 12 heteroatoms. The van der Waals surface area contributed by atoms with E-state index in [2.05, 4.69) is 15.3 Å². The van der Waals surface area contributed by atoms with Gasteiger partial charge in [0.2, 0.25) is 0 Å². The third-order valence-corrected chi connectivity index (χ3v) is 6.39. The number of amidine groups is 1. The van der Waals surface area contributed by atoms with Gasteiger partial charge in [-0.25, -0.2) is 18.8 Å². The van der Waals surface area contributed by atoms with E-state index in [1.54, 1.807) is 0 Å². The number of aliphatic imine (C=N–C) groups is 1. The standard InChI is InChI=1S/C20H17F5N4O2S/c21-11-1-4-15(27-7-11)17(30)28-12-2-3-14(22)13(6-12)19-9-31-16(20(23,24)25)5-10(19)8-32-18(26)29-19/h1-4,6-7,10,16H,5,8-9H2,(H2,26,29)(H,28,30)/t10-,16+,19-/m0/s1. The summed E-state index contributed by atoms with van der Waals surface area (Å²) in [6.07, 6.45) is -6.06. The van der Waals surface area contributed by atoms with Crippen LogP contribution in [0.3, 0.4) is 0 Å². The fraction of sp³-hybridized carbons (Fsp3) is 0.350. The van der Waals surface area contributed by atoms with Crippen LogP contribution in [0.1, 0.15) is 22.5 Å².